The van der Waals surface area contributed by atoms with E-state index < -0.39 is 17.8 Å². The van der Waals surface area contributed by atoms with Crippen LogP contribution in [0.5, 0.6) is 5.75 Å². The topological polar surface area (TPSA) is 54.0 Å². The minimum Gasteiger partial charge on any atom is -0.491 e. The van der Waals surface area contributed by atoms with Gasteiger partial charge in [-0.25, -0.2) is 0 Å². The Bertz CT molecular complexity index is 514. The van der Waals surface area contributed by atoms with Gasteiger partial charge in [0.25, 0.3) is 0 Å². The van der Waals surface area contributed by atoms with E-state index in [1.54, 1.807) is 0 Å². The number of halogens is 3. The molecular formula is C16H23F3N2O3. The Hall–Kier alpha value is -1.35. The van der Waals surface area contributed by atoms with Gasteiger partial charge in [-0.2, -0.15) is 13.2 Å². The Morgan fingerprint density at radius 1 is 1.46 bits per heavy atom. The summed E-state index contributed by atoms with van der Waals surface area (Å²) in [4.78, 5) is 2.17. The molecule has 2 N–H and O–H groups in total. The number of rotatable bonds is 7. The van der Waals surface area contributed by atoms with Gasteiger partial charge in [-0.15, -0.1) is 0 Å². The van der Waals surface area contributed by atoms with Gasteiger partial charge < -0.3 is 24.8 Å². The largest absolute Gasteiger partial charge is 0.491 e. The molecule has 1 aromatic rings. The van der Waals surface area contributed by atoms with Gasteiger partial charge in [0.2, 0.25) is 0 Å². The Balaban J connectivity index is 1.68. The molecule has 2 rings (SSSR count). The predicted octanol–water partition coefficient (Wildman–Crippen LogP) is 1.37. The second-order valence-electron chi connectivity index (χ2n) is 5.90. The van der Waals surface area contributed by atoms with Crippen LogP contribution in [0.1, 0.15) is 5.56 Å². The molecule has 1 heterocycles. The van der Waals surface area contributed by atoms with Crippen molar-refractivity contribution in [1.29, 1.82) is 0 Å². The first-order valence-corrected chi connectivity index (χ1v) is 7.83. The number of hydrogen-bond donors (Lipinski definition) is 2. The summed E-state index contributed by atoms with van der Waals surface area (Å²) in [7, 11) is 2.02. The van der Waals surface area contributed by atoms with Gasteiger partial charge in [-0.3, -0.25) is 0 Å². The quantitative estimate of drug-likeness (QED) is 0.779. The molecule has 1 aliphatic heterocycles. The predicted molar refractivity (Wildman–Crippen MR) is 83.1 cm³/mol. The minimum atomic E-state index is -4.41. The molecule has 1 aromatic carbocycles. The number of aliphatic hydroxyl groups is 1. The van der Waals surface area contributed by atoms with Crippen LogP contribution in [0.2, 0.25) is 0 Å². The molecule has 24 heavy (non-hydrogen) atoms. The lowest BCUT2D eigenvalue weighted by molar-refractivity contribution is -0.137. The molecule has 136 valence electrons. The van der Waals surface area contributed by atoms with Gasteiger partial charge >= 0.3 is 6.18 Å². The Morgan fingerprint density at radius 2 is 2.25 bits per heavy atom. The summed E-state index contributed by atoms with van der Waals surface area (Å²) in [6, 6.07) is 4.61. The highest BCUT2D eigenvalue weighted by atomic mass is 19.4. The van der Waals surface area contributed by atoms with E-state index in [1.165, 1.54) is 12.1 Å². The molecule has 0 saturated carbocycles. The van der Waals surface area contributed by atoms with E-state index in [-0.39, 0.29) is 25.0 Å². The van der Waals surface area contributed by atoms with Gasteiger partial charge in [0.05, 0.1) is 18.3 Å². The third-order valence-electron chi connectivity index (χ3n) is 3.70. The Kier molecular flexibility index (Phi) is 6.85. The summed E-state index contributed by atoms with van der Waals surface area (Å²) in [6.07, 6.45) is -5.16. The van der Waals surface area contributed by atoms with E-state index in [2.05, 4.69) is 10.2 Å². The van der Waals surface area contributed by atoms with E-state index in [1.807, 2.05) is 7.05 Å². The summed E-state index contributed by atoms with van der Waals surface area (Å²) in [5, 5.41) is 12.9. The molecule has 0 aliphatic carbocycles. The van der Waals surface area contributed by atoms with Crippen molar-refractivity contribution in [3.63, 3.8) is 0 Å². The van der Waals surface area contributed by atoms with Crippen LogP contribution in [-0.4, -0.2) is 68.7 Å². The number of hydrogen-bond acceptors (Lipinski definition) is 5. The molecule has 0 amide bonds. The van der Waals surface area contributed by atoms with Crippen LogP contribution in [0.25, 0.3) is 0 Å². The lowest BCUT2D eigenvalue weighted by atomic mass is 10.2. The van der Waals surface area contributed by atoms with Crippen molar-refractivity contribution in [2.45, 2.75) is 18.4 Å². The number of alkyl halides is 3. The van der Waals surface area contributed by atoms with E-state index >= 15 is 0 Å². The molecule has 8 heteroatoms. The van der Waals surface area contributed by atoms with Crippen LogP contribution < -0.4 is 10.1 Å². The van der Waals surface area contributed by atoms with Crippen LogP contribution in [0, 0.1) is 0 Å². The molecule has 0 unspecified atom stereocenters. The van der Waals surface area contributed by atoms with Gasteiger partial charge in [0, 0.05) is 26.2 Å². The molecule has 0 bridgehead atoms. The van der Waals surface area contributed by atoms with E-state index in [0.29, 0.717) is 13.2 Å². The molecular weight excluding hydrogens is 325 g/mol. The number of morpholine rings is 1. The first kappa shape index (κ1) is 19.0. The molecule has 0 aromatic heterocycles. The molecule has 1 aliphatic rings. The van der Waals surface area contributed by atoms with Crippen molar-refractivity contribution in [1.82, 2.24) is 10.2 Å². The minimum absolute atomic E-state index is 0.0698. The summed E-state index contributed by atoms with van der Waals surface area (Å²) in [5.41, 5.74) is -0.772. The molecule has 1 saturated heterocycles. The second kappa shape index (κ2) is 8.66. The first-order valence-electron chi connectivity index (χ1n) is 7.83. The van der Waals surface area contributed by atoms with Crippen LogP contribution in [0.3, 0.4) is 0 Å². The van der Waals surface area contributed by atoms with E-state index in [9.17, 15) is 18.3 Å². The van der Waals surface area contributed by atoms with Crippen LogP contribution in [0.4, 0.5) is 13.2 Å². The summed E-state index contributed by atoms with van der Waals surface area (Å²) in [5.74, 6) is 0.0844. The van der Waals surface area contributed by atoms with Crippen LogP contribution >= 0.6 is 0 Å². The number of benzene rings is 1. The zero-order chi connectivity index (χ0) is 17.6. The number of aliphatic hydroxyl groups excluding tert-OH is 1. The van der Waals surface area contributed by atoms with Gasteiger partial charge in [0.1, 0.15) is 18.5 Å². The fraction of sp³-hybridized carbons (Fsp3) is 0.625. The van der Waals surface area contributed by atoms with Crippen molar-refractivity contribution in [2.75, 3.05) is 46.4 Å². The fourth-order valence-electron chi connectivity index (χ4n) is 2.41. The Labute approximate surface area is 139 Å². The first-order chi connectivity index (χ1) is 11.3. The normalized spacial score (nSPS) is 20.8. The summed E-state index contributed by atoms with van der Waals surface area (Å²) in [6.45, 7) is 3.21. The number of likely N-dealkylation sites (N-methyl/N-ethyl adjacent to an activating group) is 1. The highest BCUT2D eigenvalue weighted by Crippen LogP contribution is 2.31. The molecule has 0 spiro atoms. The van der Waals surface area contributed by atoms with Crippen molar-refractivity contribution in [3.05, 3.63) is 29.8 Å². The van der Waals surface area contributed by atoms with Gasteiger partial charge in [0.15, 0.2) is 0 Å². The molecule has 5 nitrogen and oxygen atoms in total. The highest BCUT2D eigenvalue weighted by molar-refractivity contribution is 5.30. The van der Waals surface area contributed by atoms with Crippen molar-refractivity contribution >= 4 is 0 Å². The maximum atomic E-state index is 12.6. The van der Waals surface area contributed by atoms with Crippen molar-refractivity contribution < 1.29 is 27.8 Å². The lowest BCUT2D eigenvalue weighted by Crippen LogP contribution is -2.46. The molecule has 2 atom stereocenters. The van der Waals surface area contributed by atoms with Gasteiger partial charge in [-0.1, -0.05) is 6.07 Å². The van der Waals surface area contributed by atoms with Crippen LogP contribution in [-0.2, 0) is 10.9 Å². The number of nitrogens with one attached hydrogen (secondary N) is 1. The second-order valence-corrected chi connectivity index (χ2v) is 5.90. The van der Waals surface area contributed by atoms with Crippen molar-refractivity contribution in [3.8, 4) is 5.75 Å². The highest BCUT2D eigenvalue weighted by Gasteiger charge is 2.30. The third-order valence-corrected chi connectivity index (χ3v) is 3.70. The zero-order valence-corrected chi connectivity index (χ0v) is 13.6. The number of ether oxygens (including phenoxy) is 2. The Morgan fingerprint density at radius 3 is 2.96 bits per heavy atom. The molecule has 1 fully saturated rings. The maximum Gasteiger partial charge on any atom is 0.416 e. The SMILES string of the molecule is CN1CCO[C@@H](CNC[C@@H](O)COc2cccc(C(F)(F)F)c2)C1. The monoisotopic (exact) mass is 348 g/mol. The van der Waals surface area contributed by atoms with E-state index in [0.717, 1.165) is 25.2 Å². The van der Waals surface area contributed by atoms with Crippen LogP contribution in [0.15, 0.2) is 24.3 Å². The average Bonchev–Trinajstić information content (AvgIpc) is 2.52. The molecule has 0 radical (unpaired) electrons. The summed E-state index contributed by atoms with van der Waals surface area (Å²) >= 11 is 0. The van der Waals surface area contributed by atoms with Crippen molar-refractivity contribution in [2.24, 2.45) is 0 Å². The zero-order valence-electron chi connectivity index (χ0n) is 13.6. The average molecular weight is 348 g/mol. The van der Waals surface area contributed by atoms with E-state index in [4.69, 9.17) is 9.47 Å². The van der Waals surface area contributed by atoms with Gasteiger partial charge in [-0.05, 0) is 25.2 Å². The smallest absolute Gasteiger partial charge is 0.416 e. The number of nitrogens with zero attached hydrogens (tertiary/aromatic N) is 1. The summed E-state index contributed by atoms with van der Waals surface area (Å²) < 4.78 is 48.6. The standard InChI is InChI=1S/C16H23F3N2O3/c1-21-5-6-23-15(10-21)9-20-8-13(22)11-24-14-4-2-3-12(7-14)16(17,18)19/h2-4,7,13,15,20,22H,5-6,8-11H2,1H3/t13-,15+/m1/s1. The maximum absolute atomic E-state index is 12.6. The lowest BCUT2D eigenvalue weighted by Gasteiger charge is -2.30. The third kappa shape index (κ3) is 6.27. The fourth-order valence-corrected chi connectivity index (χ4v) is 2.41.